The Bertz CT molecular complexity index is 653. The Morgan fingerprint density at radius 2 is 2.00 bits per heavy atom. The van der Waals surface area contributed by atoms with Gasteiger partial charge in [0.2, 0.25) is 5.88 Å². The molecule has 1 heterocycles. The molecule has 8 heteroatoms. The molecule has 0 radical (unpaired) electrons. The van der Waals surface area contributed by atoms with Gasteiger partial charge >= 0.3 is 6.09 Å². The predicted octanol–water partition coefficient (Wildman–Crippen LogP) is 2.45. The molecule has 0 unspecified atom stereocenters. The molecule has 0 saturated heterocycles. The first-order valence-electron chi connectivity index (χ1n) is 9.92. The van der Waals surface area contributed by atoms with Gasteiger partial charge in [-0.3, -0.25) is 0 Å². The Kier molecular flexibility index (Phi) is 8.35. The minimum atomic E-state index is -0.500. The molecule has 156 valence electrons. The zero-order chi connectivity index (χ0) is 20.4. The quantitative estimate of drug-likeness (QED) is 0.340. The van der Waals surface area contributed by atoms with Gasteiger partial charge in [0.15, 0.2) is 5.96 Å². The van der Waals surface area contributed by atoms with E-state index in [1.165, 1.54) is 12.8 Å². The normalized spacial score (nSPS) is 14.4. The van der Waals surface area contributed by atoms with Crippen LogP contribution in [0.4, 0.5) is 4.79 Å². The Morgan fingerprint density at radius 1 is 1.25 bits per heavy atom. The van der Waals surface area contributed by atoms with Crippen molar-refractivity contribution in [3.63, 3.8) is 0 Å². The molecule has 1 aliphatic carbocycles. The highest BCUT2D eigenvalue weighted by Crippen LogP contribution is 2.29. The van der Waals surface area contributed by atoms with Gasteiger partial charge in [-0.25, -0.2) is 14.8 Å². The number of rotatable bonds is 9. The van der Waals surface area contributed by atoms with Crippen LogP contribution in [0.2, 0.25) is 0 Å². The Labute approximate surface area is 167 Å². The van der Waals surface area contributed by atoms with E-state index in [1.54, 1.807) is 6.20 Å². The van der Waals surface area contributed by atoms with Gasteiger partial charge in [-0.1, -0.05) is 0 Å². The molecule has 1 fully saturated rings. The number of aliphatic imine (C=N–C) groups is 1. The third-order valence-corrected chi connectivity index (χ3v) is 3.81. The van der Waals surface area contributed by atoms with Crippen molar-refractivity contribution in [1.29, 1.82) is 0 Å². The summed E-state index contributed by atoms with van der Waals surface area (Å²) in [5.41, 5.74) is 0.532. The van der Waals surface area contributed by atoms with Crippen LogP contribution >= 0.6 is 0 Å². The molecular formula is C20H33N5O3. The molecule has 28 heavy (non-hydrogen) atoms. The average Bonchev–Trinajstić information content (AvgIpc) is 3.45. The Balaban J connectivity index is 1.76. The van der Waals surface area contributed by atoms with Gasteiger partial charge < -0.3 is 25.4 Å². The van der Waals surface area contributed by atoms with E-state index in [-0.39, 0.29) is 0 Å². The molecule has 0 bridgehead atoms. The summed E-state index contributed by atoms with van der Waals surface area (Å²) in [6.07, 6.45) is 3.83. The van der Waals surface area contributed by atoms with Crippen molar-refractivity contribution < 1.29 is 14.3 Å². The average molecular weight is 392 g/mol. The van der Waals surface area contributed by atoms with Crippen LogP contribution in [0.3, 0.4) is 0 Å². The van der Waals surface area contributed by atoms with Gasteiger partial charge in [-0.2, -0.15) is 0 Å². The number of alkyl carbamates (subject to hydrolysis) is 1. The van der Waals surface area contributed by atoms with Crippen molar-refractivity contribution in [1.82, 2.24) is 20.9 Å². The first-order valence-corrected chi connectivity index (χ1v) is 9.92. The Hall–Kier alpha value is -2.51. The standard InChI is InChI=1S/C20H33N5O3/c1-5-21-18(23-10-11-24-19(26)28-20(2,3)4)25-13-16-8-9-22-17(12-16)27-14-15-6-7-15/h8-9,12,15H,5-7,10-11,13-14H2,1-4H3,(H,24,26)(H2,21,23,25). The number of pyridine rings is 1. The largest absolute Gasteiger partial charge is 0.477 e. The highest BCUT2D eigenvalue weighted by molar-refractivity contribution is 5.79. The van der Waals surface area contributed by atoms with Crippen molar-refractivity contribution in [3.8, 4) is 5.88 Å². The third kappa shape index (κ3) is 9.43. The second-order valence-electron chi connectivity index (χ2n) is 7.81. The molecule has 2 rings (SSSR count). The lowest BCUT2D eigenvalue weighted by molar-refractivity contribution is 0.0529. The first-order chi connectivity index (χ1) is 13.4. The van der Waals surface area contributed by atoms with Crippen LogP contribution < -0.4 is 20.7 Å². The second-order valence-corrected chi connectivity index (χ2v) is 7.81. The van der Waals surface area contributed by atoms with Gasteiger partial charge in [0.25, 0.3) is 0 Å². The maximum atomic E-state index is 11.6. The fourth-order valence-electron chi connectivity index (χ4n) is 2.29. The molecule has 1 aliphatic rings. The maximum Gasteiger partial charge on any atom is 0.407 e. The molecule has 0 aliphatic heterocycles. The molecule has 1 amide bonds. The van der Waals surface area contributed by atoms with E-state index < -0.39 is 11.7 Å². The highest BCUT2D eigenvalue weighted by Gasteiger charge is 2.22. The number of nitrogens with zero attached hydrogens (tertiary/aromatic N) is 2. The van der Waals surface area contributed by atoms with Gasteiger partial charge in [0.05, 0.1) is 13.2 Å². The zero-order valence-electron chi connectivity index (χ0n) is 17.4. The molecule has 0 aromatic carbocycles. The molecule has 3 N–H and O–H groups in total. The van der Waals surface area contributed by atoms with E-state index in [0.29, 0.717) is 37.4 Å². The number of hydrogen-bond donors (Lipinski definition) is 3. The van der Waals surface area contributed by atoms with Crippen LogP contribution in [0.1, 0.15) is 46.1 Å². The number of amides is 1. The van der Waals surface area contributed by atoms with Gasteiger partial charge in [0.1, 0.15) is 5.60 Å². The van der Waals surface area contributed by atoms with Gasteiger partial charge in [-0.15, -0.1) is 0 Å². The number of guanidine groups is 1. The minimum Gasteiger partial charge on any atom is -0.477 e. The number of carbonyl (C=O) groups excluding carboxylic acids is 1. The van der Waals surface area contributed by atoms with E-state index >= 15 is 0 Å². The van der Waals surface area contributed by atoms with Crippen molar-refractivity contribution >= 4 is 12.1 Å². The molecule has 1 saturated carbocycles. The minimum absolute atomic E-state index is 0.424. The van der Waals surface area contributed by atoms with Crippen LogP contribution in [0.25, 0.3) is 0 Å². The summed E-state index contributed by atoms with van der Waals surface area (Å²) < 4.78 is 10.9. The lowest BCUT2D eigenvalue weighted by Crippen LogP contribution is -2.42. The lowest BCUT2D eigenvalue weighted by Gasteiger charge is -2.19. The predicted molar refractivity (Wildman–Crippen MR) is 110 cm³/mol. The summed E-state index contributed by atoms with van der Waals surface area (Å²) in [4.78, 5) is 20.5. The third-order valence-electron chi connectivity index (χ3n) is 3.81. The second kappa shape index (κ2) is 10.7. The molecule has 0 spiro atoms. The topological polar surface area (TPSA) is 96.9 Å². The number of carbonyl (C=O) groups is 1. The van der Waals surface area contributed by atoms with E-state index in [4.69, 9.17) is 9.47 Å². The van der Waals surface area contributed by atoms with E-state index in [0.717, 1.165) is 18.7 Å². The van der Waals surface area contributed by atoms with E-state index in [9.17, 15) is 4.79 Å². The fraction of sp³-hybridized carbons (Fsp3) is 0.650. The summed E-state index contributed by atoms with van der Waals surface area (Å²) >= 11 is 0. The van der Waals surface area contributed by atoms with Crippen molar-refractivity contribution in [2.24, 2.45) is 10.9 Å². The SMILES string of the molecule is CCNC(=NCc1ccnc(OCC2CC2)c1)NCCNC(=O)OC(C)(C)C. The smallest absolute Gasteiger partial charge is 0.407 e. The van der Waals surface area contributed by atoms with Crippen molar-refractivity contribution in [2.75, 3.05) is 26.2 Å². The number of ether oxygens (including phenoxy) is 2. The maximum absolute atomic E-state index is 11.6. The summed E-state index contributed by atoms with van der Waals surface area (Å²) in [7, 11) is 0. The molecular weight excluding hydrogens is 358 g/mol. The van der Waals surface area contributed by atoms with Crippen molar-refractivity contribution in [2.45, 2.75) is 52.7 Å². The van der Waals surface area contributed by atoms with Crippen LogP contribution in [0, 0.1) is 5.92 Å². The van der Waals surface area contributed by atoms with E-state index in [2.05, 4.69) is 25.9 Å². The van der Waals surface area contributed by atoms with E-state index in [1.807, 2.05) is 39.8 Å². The van der Waals surface area contributed by atoms with Gasteiger partial charge in [0, 0.05) is 31.9 Å². The molecule has 1 aromatic rings. The summed E-state index contributed by atoms with van der Waals surface area (Å²) in [5.74, 6) is 2.03. The van der Waals surface area contributed by atoms with Crippen LogP contribution in [-0.4, -0.2) is 48.9 Å². The van der Waals surface area contributed by atoms with Crippen LogP contribution in [0.15, 0.2) is 23.3 Å². The zero-order valence-corrected chi connectivity index (χ0v) is 17.4. The fourth-order valence-corrected chi connectivity index (χ4v) is 2.29. The first kappa shape index (κ1) is 21.8. The number of nitrogens with one attached hydrogen (secondary N) is 3. The summed E-state index contributed by atoms with van der Waals surface area (Å²) in [5, 5.41) is 9.10. The summed E-state index contributed by atoms with van der Waals surface area (Å²) in [6, 6.07) is 3.86. The lowest BCUT2D eigenvalue weighted by atomic mass is 10.2. The van der Waals surface area contributed by atoms with Crippen LogP contribution in [-0.2, 0) is 11.3 Å². The molecule has 1 aromatic heterocycles. The number of aromatic nitrogens is 1. The summed E-state index contributed by atoms with van der Waals surface area (Å²) in [6.45, 7) is 10.5. The van der Waals surface area contributed by atoms with Gasteiger partial charge in [-0.05, 0) is 58.1 Å². The highest BCUT2D eigenvalue weighted by atomic mass is 16.6. The number of hydrogen-bond acceptors (Lipinski definition) is 5. The monoisotopic (exact) mass is 391 g/mol. The van der Waals surface area contributed by atoms with Crippen molar-refractivity contribution in [3.05, 3.63) is 23.9 Å². The molecule has 8 nitrogen and oxygen atoms in total. The molecule has 0 atom stereocenters. The Morgan fingerprint density at radius 3 is 2.68 bits per heavy atom. The van der Waals surface area contributed by atoms with Crippen LogP contribution in [0.5, 0.6) is 5.88 Å².